The number of carbonyl (C=O) groups is 1. The van der Waals surface area contributed by atoms with Crippen molar-refractivity contribution in [1.82, 2.24) is 9.44 Å². The summed E-state index contributed by atoms with van der Waals surface area (Å²) < 4.78 is 34.6. The van der Waals surface area contributed by atoms with E-state index >= 15 is 0 Å². The highest BCUT2D eigenvalue weighted by atomic mass is 32.2. The van der Waals surface area contributed by atoms with Gasteiger partial charge in [-0.15, -0.1) is 11.3 Å². The number of carboxylic acid groups (broad SMARTS) is 1. The maximum atomic E-state index is 12.2. The van der Waals surface area contributed by atoms with Crippen LogP contribution in [-0.4, -0.2) is 38.2 Å². The van der Waals surface area contributed by atoms with Crippen LogP contribution in [0.4, 0.5) is 0 Å². The van der Waals surface area contributed by atoms with Gasteiger partial charge in [-0.3, -0.25) is 0 Å². The molecule has 0 aromatic carbocycles. The number of thiophene rings is 1. The third kappa shape index (κ3) is 3.61. The molecule has 1 fully saturated rings. The average molecular weight is 334 g/mol. The molecule has 0 amide bonds. The molecule has 2 rings (SSSR count). The van der Waals surface area contributed by atoms with Gasteiger partial charge in [0.15, 0.2) is 0 Å². The topological polar surface area (TPSA) is 105 Å². The number of carboxylic acids is 1. The lowest BCUT2D eigenvalue weighted by atomic mass is 9.94. The SMILES string of the molecule is CC(C)(C)NS(=O)(=O)NC1(c2sccc2C(=O)O)COC1. The molecule has 0 bridgehead atoms. The van der Waals surface area contributed by atoms with E-state index in [2.05, 4.69) is 9.44 Å². The first kappa shape index (κ1) is 16.4. The van der Waals surface area contributed by atoms with E-state index in [1.807, 2.05) is 0 Å². The van der Waals surface area contributed by atoms with Gasteiger partial charge in [-0.05, 0) is 32.2 Å². The summed E-state index contributed by atoms with van der Waals surface area (Å²) in [5.41, 5.74) is -1.55. The van der Waals surface area contributed by atoms with Gasteiger partial charge in [0, 0.05) is 10.4 Å². The van der Waals surface area contributed by atoms with Crippen LogP contribution in [0.15, 0.2) is 11.4 Å². The molecule has 9 heteroatoms. The van der Waals surface area contributed by atoms with Crippen molar-refractivity contribution in [2.75, 3.05) is 13.2 Å². The average Bonchev–Trinajstić information content (AvgIpc) is 2.68. The molecular formula is C12H18N2O5S2. The Morgan fingerprint density at radius 2 is 2.05 bits per heavy atom. The Kier molecular flexibility index (Phi) is 4.15. The van der Waals surface area contributed by atoms with E-state index in [4.69, 9.17) is 4.74 Å². The van der Waals surface area contributed by atoms with Gasteiger partial charge in [0.1, 0.15) is 5.54 Å². The Balaban J connectivity index is 2.31. The second kappa shape index (κ2) is 5.33. The summed E-state index contributed by atoms with van der Waals surface area (Å²) in [7, 11) is -3.79. The first-order chi connectivity index (χ1) is 9.55. The summed E-state index contributed by atoms with van der Waals surface area (Å²) in [4.78, 5) is 11.7. The van der Waals surface area contributed by atoms with Crippen molar-refractivity contribution in [3.8, 4) is 0 Å². The summed E-state index contributed by atoms with van der Waals surface area (Å²) >= 11 is 1.20. The molecule has 118 valence electrons. The zero-order valence-electron chi connectivity index (χ0n) is 12.0. The lowest BCUT2D eigenvalue weighted by molar-refractivity contribution is -0.0651. The van der Waals surface area contributed by atoms with E-state index in [1.54, 1.807) is 26.2 Å². The molecule has 3 N–H and O–H groups in total. The van der Waals surface area contributed by atoms with Gasteiger partial charge >= 0.3 is 5.97 Å². The monoisotopic (exact) mass is 334 g/mol. The fourth-order valence-corrected chi connectivity index (χ4v) is 4.75. The van der Waals surface area contributed by atoms with Gasteiger partial charge in [-0.2, -0.15) is 17.9 Å². The second-order valence-electron chi connectivity index (χ2n) is 6.00. The van der Waals surface area contributed by atoms with Crippen molar-refractivity contribution in [1.29, 1.82) is 0 Å². The zero-order chi connectivity index (χ0) is 15.9. The molecule has 0 saturated carbocycles. The second-order valence-corrected chi connectivity index (χ2v) is 8.33. The van der Waals surface area contributed by atoms with E-state index < -0.39 is 27.3 Å². The van der Waals surface area contributed by atoms with Crippen LogP contribution in [0, 0.1) is 0 Å². The molecule has 1 aromatic heterocycles. The zero-order valence-corrected chi connectivity index (χ0v) is 13.6. The predicted octanol–water partition coefficient (Wildman–Crippen LogP) is 0.894. The number of rotatable bonds is 5. The molecule has 1 saturated heterocycles. The minimum atomic E-state index is -3.79. The smallest absolute Gasteiger partial charge is 0.336 e. The molecule has 0 radical (unpaired) electrons. The molecule has 0 unspecified atom stereocenters. The van der Waals surface area contributed by atoms with Crippen LogP contribution >= 0.6 is 11.3 Å². The number of hydrogen-bond acceptors (Lipinski definition) is 5. The molecular weight excluding hydrogens is 316 g/mol. The van der Waals surface area contributed by atoms with Gasteiger partial charge < -0.3 is 9.84 Å². The molecule has 1 aliphatic rings. The Labute approximate surface area is 127 Å². The summed E-state index contributed by atoms with van der Waals surface area (Å²) in [6.07, 6.45) is 0. The van der Waals surface area contributed by atoms with Crippen molar-refractivity contribution in [3.05, 3.63) is 21.9 Å². The van der Waals surface area contributed by atoms with Crippen LogP contribution in [0.5, 0.6) is 0 Å². The van der Waals surface area contributed by atoms with Crippen LogP contribution in [0.25, 0.3) is 0 Å². The normalized spacial score (nSPS) is 18.2. The van der Waals surface area contributed by atoms with Crippen molar-refractivity contribution in [2.45, 2.75) is 31.8 Å². The Hall–Kier alpha value is -1.00. The first-order valence-electron chi connectivity index (χ1n) is 6.27. The van der Waals surface area contributed by atoms with E-state index in [1.165, 1.54) is 17.4 Å². The van der Waals surface area contributed by atoms with Gasteiger partial charge in [0.05, 0.1) is 18.8 Å². The standard InChI is InChI=1S/C12H18N2O5S2/c1-11(2,3)13-21(17,18)14-12(6-19-7-12)9-8(10(15)16)4-5-20-9/h4-5,13-14H,6-7H2,1-3H3,(H,15,16). The van der Waals surface area contributed by atoms with Crippen LogP contribution in [-0.2, 0) is 20.5 Å². The number of aromatic carboxylic acids is 1. The summed E-state index contributed by atoms with van der Waals surface area (Å²) in [5, 5.41) is 10.8. The summed E-state index contributed by atoms with van der Waals surface area (Å²) in [6.45, 7) is 5.40. The maximum absolute atomic E-state index is 12.2. The third-order valence-corrected chi connectivity index (χ3v) is 5.46. The lowest BCUT2D eigenvalue weighted by Crippen LogP contribution is -2.62. The molecule has 1 aliphatic heterocycles. The highest BCUT2D eigenvalue weighted by Crippen LogP contribution is 2.36. The predicted molar refractivity (Wildman–Crippen MR) is 78.7 cm³/mol. The van der Waals surface area contributed by atoms with Gasteiger partial charge in [0.2, 0.25) is 0 Å². The molecule has 0 spiro atoms. The highest BCUT2D eigenvalue weighted by Gasteiger charge is 2.47. The largest absolute Gasteiger partial charge is 0.478 e. The maximum Gasteiger partial charge on any atom is 0.336 e. The molecule has 0 atom stereocenters. The number of ether oxygens (including phenoxy) is 1. The molecule has 7 nitrogen and oxygen atoms in total. The van der Waals surface area contributed by atoms with Crippen LogP contribution in [0.2, 0.25) is 0 Å². The van der Waals surface area contributed by atoms with Gasteiger partial charge in [0.25, 0.3) is 10.2 Å². The third-order valence-electron chi connectivity index (χ3n) is 2.80. The van der Waals surface area contributed by atoms with Crippen molar-refractivity contribution >= 4 is 27.5 Å². The molecule has 1 aromatic rings. The number of hydrogen-bond donors (Lipinski definition) is 3. The van der Waals surface area contributed by atoms with Crippen molar-refractivity contribution in [2.24, 2.45) is 0 Å². The van der Waals surface area contributed by atoms with Crippen LogP contribution in [0.1, 0.15) is 36.0 Å². The Morgan fingerprint density at radius 3 is 2.48 bits per heavy atom. The molecule has 21 heavy (non-hydrogen) atoms. The Bertz CT molecular complexity index is 641. The summed E-state index contributed by atoms with van der Waals surface area (Å²) in [6, 6.07) is 1.47. The van der Waals surface area contributed by atoms with Crippen LogP contribution in [0.3, 0.4) is 0 Å². The van der Waals surface area contributed by atoms with Crippen LogP contribution < -0.4 is 9.44 Å². The van der Waals surface area contributed by atoms with E-state index in [-0.39, 0.29) is 18.8 Å². The van der Waals surface area contributed by atoms with E-state index in [0.29, 0.717) is 4.88 Å². The highest BCUT2D eigenvalue weighted by molar-refractivity contribution is 7.87. The fraction of sp³-hybridized carbons (Fsp3) is 0.583. The number of nitrogens with one attached hydrogen (secondary N) is 2. The first-order valence-corrected chi connectivity index (χ1v) is 8.63. The Morgan fingerprint density at radius 1 is 1.43 bits per heavy atom. The fourth-order valence-electron chi connectivity index (χ4n) is 2.08. The van der Waals surface area contributed by atoms with Crippen molar-refractivity contribution in [3.63, 3.8) is 0 Å². The van der Waals surface area contributed by atoms with Gasteiger partial charge in [-0.1, -0.05) is 0 Å². The van der Waals surface area contributed by atoms with Crippen molar-refractivity contribution < 1.29 is 23.1 Å². The quantitative estimate of drug-likeness (QED) is 0.742. The molecule has 2 heterocycles. The minimum absolute atomic E-state index is 0.0989. The van der Waals surface area contributed by atoms with Gasteiger partial charge in [-0.25, -0.2) is 4.79 Å². The van der Waals surface area contributed by atoms with E-state index in [9.17, 15) is 18.3 Å². The molecule has 0 aliphatic carbocycles. The summed E-state index contributed by atoms with van der Waals surface area (Å²) in [5.74, 6) is -1.08. The minimum Gasteiger partial charge on any atom is -0.478 e. The lowest BCUT2D eigenvalue weighted by Gasteiger charge is -2.41. The van der Waals surface area contributed by atoms with E-state index in [0.717, 1.165) is 0 Å².